The summed E-state index contributed by atoms with van der Waals surface area (Å²) >= 11 is 0. The van der Waals surface area contributed by atoms with Gasteiger partial charge in [-0.3, -0.25) is 19.0 Å². The lowest BCUT2D eigenvalue weighted by Crippen LogP contribution is -2.30. The zero-order valence-corrected chi connectivity index (χ0v) is 22.0. The van der Waals surface area contributed by atoms with Crippen LogP contribution in [0.2, 0.25) is 0 Å². The van der Waals surface area contributed by atoms with E-state index < -0.39 is 12.0 Å². The number of carbonyl (C=O) groups is 2. The number of fused-ring (bicyclic) bond motifs is 1. The molecule has 1 amide bonds. The number of anilines is 2. The third-order valence-electron chi connectivity index (χ3n) is 6.71. The Labute approximate surface area is 226 Å². The van der Waals surface area contributed by atoms with E-state index in [9.17, 15) is 14.7 Å². The summed E-state index contributed by atoms with van der Waals surface area (Å²) in [7, 11) is 0. The maximum absolute atomic E-state index is 13.3. The molecule has 8 heteroatoms. The van der Waals surface area contributed by atoms with Crippen molar-refractivity contribution in [1.82, 2.24) is 19.7 Å². The van der Waals surface area contributed by atoms with Gasteiger partial charge in [-0.1, -0.05) is 48.0 Å². The third-order valence-corrected chi connectivity index (χ3v) is 6.71. The van der Waals surface area contributed by atoms with Crippen LogP contribution in [0.15, 0.2) is 85.3 Å². The van der Waals surface area contributed by atoms with Crippen molar-refractivity contribution in [3.05, 3.63) is 113 Å². The van der Waals surface area contributed by atoms with E-state index in [-0.39, 0.29) is 12.3 Å². The van der Waals surface area contributed by atoms with Crippen molar-refractivity contribution >= 4 is 29.0 Å². The van der Waals surface area contributed by atoms with Gasteiger partial charge in [-0.25, -0.2) is 4.98 Å². The number of benzene rings is 2. The molecule has 0 radical (unpaired) electrons. The van der Waals surface area contributed by atoms with E-state index >= 15 is 0 Å². The number of amides is 1. The van der Waals surface area contributed by atoms with Gasteiger partial charge in [0.05, 0.1) is 12.5 Å². The van der Waals surface area contributed by atoms with Crippen molar-refractivity contribution in [2.75, 3.05) is 5.32 Å². The first kappa shape index (κ1) is 25.7. The number of para-hydroxylation sites is 1. The molecule has 5 rings (SSSR count). The van der Waals surface area contributed by atoms with Crippen LogP contribution in [-0.2, 0) is 4.79 Å². The molecule has 0 bridgehead atoms. The summed E-state index contributed by atoms with van der Waals surface area (Å²) in [5, 5.41) is 15.9. The number of aliphatic carboxylic acids is 1. The van der Waals surface area contributed by atoms with Gasteiger partial charge < -0.3 is 15.7 Å². The van der Waals surface area contributed by atoms with E-state index in [1.165, 1.54) is 0 Å². The first-order valence-electron chi connectivity index (χ1n) is 12.6. The molecule has 5 aromatic rings. The van der Waals surface area contributed by atoms with Gasteiger partial charge in [-0.05, 0) is 61.7 Å². The highest BCUT2D eigenvalue weighted by Gasteiger charge is 2.21. The molecule has 3 N–H and O–H groups in total. The summed E-state index contributed by atoms with van der Waals surface area (Å²) in [5.74, 6) is -0.613. The summed E-state index contributed by atoms with van der Waals surface area (Å²) < 4.78 is 1.90. The van der Waals surface area contributed by atoms with E-state index in [4.69, 9.17) is 4.98 Å². The van der Waals surface area contributed by atoms with Crippen LogP contribution < -0.4 is 10.6 Å². The summed E-state index contributed by atoms with van der Waals surface area (Å²) in [5.41, 5.74) is 7.45. The van der Waals surface area contributed by atoms with Crippen molar-refractivity contribution < 1.29 is 14.7 Å². The first-order chi connectivity index (χ1) is 18.8. The van der Waals surface area contributed by atoms with Crippen LogP contribution in [0.25, 0.3) is 16.9 Å². The van der Waals surface area contributed by atoms with Crippen molar-refractivity contribution in [1.29, 1.82) is 0 Å². The Bertz CT molecular complexity index is 1640. The Morgan fingerprint density at radius 3 is 2.38 bits per heavy atom. The second-order valence-corrected chi connectivity index (χ2v) is 9.62. The molecular weight excluding hydrogens is 490 g/mol. The quantitative estimate of drug-likeness (QED) is 0.232. The van der Waals surface area contributed by atoms with E-state index in [0.29, 0.717) is 16.9 Å². The zero-order valence-electron chi connectivity index (χ0n) is 22.0. The van der Waals surface area contributed by atoms with Gasteiger partial charge in [0.15, 0.2) is 0 Å². The normalized spacial score (nSPS) is 11.8. The lowest BCUT2D eigenvalue weighted by molar-refractivity contribution is -0.137. The first-order valence-corrected chi connectivity index (χ1v) is 12.6. The average molecular weight is 520 g/mol. The second-order valence-electron chi connectivity index (χ2n) is 9.62. The lowest BCUT2D eigenvalue weighted by atomic mass is 10.0. The maximum atomic E-state index is 13.3. The number of nitrogens with one attached hydrogen (secondary N) is 2. The average Bonchev–Trinajstić information content (AvgIpc) is 3.28. The van der Waals surface area contributed by atoms with Crippen LogP contribution in [0, 0.1) is 20.8 Å². The van der Waals surface area contributed by atoms with Crippen LogP contribution in [0.1, 0.15) is 45.1 Å². The fourth-order valence-electron chi connectivity index (χ4n) is 4.61. The van der Waals surface area contributed by atoms with Crippen molar-refractivity contribution in [3.63, 3.8) is 0 Å². The molecule has 0 fully saturated rings. The zero-order chi connectivity index (χ0) is 27.5. The molecule has 196 valence electrons. The molecule has 0 saturated heterocycles. The monoisotopic (exact) mass is 519 g/mol. The summed E-state index contributed by atoms with van der Waals surface area (Å²) in [6.45, 7) is 6.05. The second kappa shape index (κ2) is 10.8. The van der Waals surface area contributed by atoms with Crippen molar-refractivity contribution in [3.8, 4) is 11.3 Å². The fraction of sp³-hybridized carbons (Fsp3) is 0.161. The maximum Gasteiger partial charge on any atom is 0.305 e. The molecule has 8 nitrogen and oxygen atoms in total. The Morgan fingerprint density at radius 1 is 0.974 bits per heavy atom. The van der Waals surface area contributed by atoms with Gasteiger partial charge >= 0.3 is 5.97 Å². The van der Waals surface area contributed by atoms with Crippen LogP contribution >= 0.6 is 0 Å². The third kappa shape index (κ3) is 5.50. The highest BCUT2D eigenvalue weighted by molar-refractivity contribution is 5.96. The summed E-state index contributed by atoms with van der Waals surface area (Å²) in [6.07, 6.45) is 5.03. The molecule has 0 aliphatic carbocycles. The smallest absolute Gasteiger partial charge is 0.305 e. The highest BCUT2D eigenvalue weighted by Crippen LogP contribution is 2.33. The minimum absolute atomic E-state index is 0.227. The number of aromatic nitrogens is 3. The molecule has 0 aliphatic heterocycles. The molecule has 0 saturated carbocycles. The van der Waals surface area contributed by atoms with Crippen molar-refractivity contribution in [2.45, 2.75) is 33.2 Å². The summed E-state index contributed by atoms with van der Waals surface area (Å²) in [4.78, 5) is 34.0. The standard InChI is InChI=1S/C31H29N5O3/c1-19-9-11-22(12-10-19)25(17-27(37)38)33-31(39)23-13-15-36-26(16-23)34-29(24-8-5-14-32-18-24)30(36)35-28-20(2)6-4-7-21(28)3/h4-16,18,25,35H,17H2,1-3H3,(H,33,39)(H,37,38). The molecule has 2 aromatic carbocycles. The number of imidazole rings is 1. The highest BCUT2D eigenvalue weighted by atomic mass is 16.4. The van der Waals surface area contributed by atoms with Gasteiger partial charge in [0.1, 0.15) is 17.2 Å². The largest absolute Gasteiger partial charge is 0.481 e. The van der Waals surface area contributed by atoms with Gasteiger partial charge in [-0.15, -0.1) is 0 Å². The topological polar surface area (TPSA) is 109 Å². The Balaban J connectivity index is 1.53. The number of carboxylic acid groups (broad SMARTS) is 1. The number of carbonyl (C=O) groups excluding carboxylic acids is 1. The molecule has 1 unspecified atom stereocenters. The molecule has 0 aliphatic rings. The number of rotatable bonds is 8. The van der Waals surface area contributed by atoms with Gasteiger partial charge in [0.2, 0.25) is 0 Å². The molecule has 0 spiro atoms. The van der Waals surface area contributed by atoms with Crippen LogP contribution in [-0.4, -0.2) is 31.4 Å². The van der Waals surface area contributed by atoms with Gasteiger partial charge in [0.25, 0.3) is 5.91 Å². The minimum atomic E-state index is -0.993. The minimum Gasteiger partial charge on any atom is -0.481 e. The number of hydrogen-bond acceptors (Lipinski definition) is 5. The van der Waals surface area contributed by atoms with Crippen LogP contribution in [0.5, 0.6) is 0 Å². The molecule has 3 heterocycles. The van der Waals surface area contributed by atoms with E-state index in [0.717, 1.165) is 39.3 Å². The lowest BCUT2D eigenvalue weighted by Gasteiger charge is -2.18. The summed E-state index contributed by atoms with van der Waals surface area (Å²) in [6, 6.07) is 20.1. The van der Waals surface area contributed by atoms with Gasteiger partial charge in [0, 0.05) is 35.4 Å². The number of carboxylic acids is 1. The predicted octanol–water partition coefficient (Wildman–Crippen LogP) is 6.01. The molecule has 39 heavy (non-hydrogen) atoms. The number of hydrogen-bond donors (Lipinski definition) is 3. The van der Waals surface area contributed by atoms with Crippen LogP contribution in [0.4, 0.5) is 11.5 Å². The fourth-order valence-corrected chi connectivity index (χ4v) is 4.61. The Hall–Kier alpha value is -4.98. The van der Waals surface area contributed by atoms with E-state index in [1.54, 1.807) is 30.7 Å². The predicted molar refractivity (Wildman–Crippen MR) is 151 cm³/mol. The Kier molecular flexibility index (Phi) is 7.10. The van der Waals surface area contributed by atoms with Crippen LogP contribution in [0.3, 0.4) is 0 Å². The molecule has 3 aromatic heterocycles. The van der Waals surface area contributed by atoms with Crippen molar-refractivity contribution in [2.24, 2.45) is 0 Å². The number of pyridine rings is 2. The number of nitrogens with zero attached hydrogens (tertiary/aromatic N) is 3. The van der Waals surface area contributed by atoms with E-state index in [1.807, 2.05) is 79.8 Å². The molecule has 1 atom stereocenters. The SMILES string of the molecule is Cc1ccc(C(CC(=O)O)NC(=O)c2ccn3c(Nc4c(C)cccc4C)c(-c4cccnc4)nc3c2)cc1. The Morgan fingerprint density at radius 2 is 1.72 bits per heavy atom. The molecular formula is C31H29N5O3. The van der Waals surface area contributed by atoms with E-state index in [2.05, 4.69) is 15.6 Å². The van der Waals surface area contributed by atoms with Gasteiger partial charge in [-0.2, -0.15) is 0 Å². The number of aryl methyl sites for hydroxylation is 3.